The average Bonchev–Trinajstić information content (AvgIpc) is 3.46. The maximum absolute atomic E-state index is 13.6. The Labute approximate surface area is 229 Å². The van der Waals surface area contributed by atoms with Crippen LogP contribution in [0.4, 0.5) is 19.0 Å². The number of aromatic nitrogens is 3. The summed E-state index contributed by atoms with van der Waals surface area (Å²) in [7, 11) is 0. The predicted octanol–water partition coefficient (Wildman–Crippen LogP) is 5.74. The number of hydrogen-bond donors (Lipinski definition) is 1. The Kier molecular flexibility index (Phi) is 7.84. The van der Waals surface area contributed by atoms with E-state index in [9.17, 15) is 23.2 Å². The number of pyridine rings is 3. The van der Waals surface area contributed by atoms with Crippen molar-refractivity contribution in [1.82, 2.24) is 19.9 Å². The molecule has 3 aromatic heterocycles. The second kappa shape index (κ2) is 11.6. The third kappa shape index (κ3) is 5.84. The second-order valence-corrected chi connectivity index (χ2v) is 9.55. The van der Waals surface area contributed by atoms with E-state index < -0.39 is 29.7 Å². The summed E-state index contributed by atoms with van der Waals surface area (Å²) in [5.41, 5.74) is 2.21. The number of nitriles is 1. The van der Waals surface area contributed by atoms with Crippen molar-refractivity contribution >= 4 is 11.7 Å². The normalized spacial score (nSPS) is 16.4. The van der Waals surface area contributed by atoms with Gasteiger partial charge in [-0.05, 0) is 72.5 Å². The second-order valence-electron chi connectivity index (χ2n) is 9.55. The molecule has 1 saturated heterocycles. The highest BCUT2D eigenvalue weighted by atomic mass is 19.4. The standard InChI is InChI=1S/C30H25F3N6O/c31-30(32,33)24-10-13-37-26(16-24)38-29(40)25-9-4-14-39(25)28(21-6-1-5-20(15-21)17-34)27(22-7-2-11-35-18-22)23-8-3-12-36-19-23/h1-3,5-8,10-13,15-16,18-19,25,27-28H,4,9,14H2,(H,37,38,40)/t25-,28?/m0/s1. The Morgan fingerprint density at radius 3 is 2.30 bits per heavy atom. The molecule has 7 nitrogen and oxygen atoms in total. The van der Waals surface area contributed by atoms with Crippen molar-refractivity contribution in [2.24, 2.45) is 0 Å². The van der Waals surface area contributed by atoms with Crippen LogP contribution in [0.5, 0.6) is 0 Å². The van der Waals surface area contributed by atoms with Crippen molar-refractivity contribution in [1.29, 1.82) is 5.26 Å². The lowest BCUT2D eigenvalue weighted by Crippen LogP contribution is -2.44. The minimum Gasteiger partial charge on any atom is -0.309 e. The van der Waals surface area contributed by atoms with Crippen molar-refractivity contribution in [2.45, 2.75) is 37.0 Å². The first kappa shape index (κ1) is 27.0. The van der Waals surface area contributed by atoms with Gasteiger partial charge in [0, 0.05) is 42.9 Å². The molecule has 1 fully saturated rings. The molecule has 4 aromatic rings. The van der Waals surface area contributed by atoms with E-state index in [0.717, 1.165) is 35.0 Å². The number of nitrogens with zero attached hydrogens (tertiary/aromatic N) is 5. The van der Waals surface area contributed by atoms with Gasteiger partial charge in [-0.3, -0.25) is 19.7 Å². The summed E-state index contributed by atoms with van der Waals surface area (Å²) >= 11 is 0. The van der Waals surface area contributed by atoms with E-state index in [0.29, 0.717) is 24.9 Å². The molecule has 1 aliphatic rings. The number of likely N-dealkylation sites (tertiary alicyclic amines) is 1. The molecular weight excluding hydrogens is 517 g/mol. The van der Waals surface area contributed by atoms with E-state index in [1.165, 1.54) is 0 Å². The third-order valence-electron chi connectivity index (χ3n) is 7.05. The molecule has 1 aromatic carbocycles. The van der Waals surface area contributed by atoms with Crippen LogP contribution in [0.25, 0.3) is 0 Å². The molecule has 2 atom stereocenters. The minimum absolute atomic E-state index is 0.161. The van der Waals surface area contributed by atoms with E-state index in [-0.39, 0.29) is 11.7 Å². The molecule has 0 saturated carbocycles. The van der Waals surface area contributed by atoms with Crippen LogP contribution in [0.15, 0.2) is 91.6 Å². The number of carbonyl (C=O) groups is 1. The zero-order chi connectivity index (χ0) is 28.1. The van der Waals surface area contributed by atoms with Gasteiger partial charge in [0.1, 0.15) is 5.82 Å². The average molecular weight is 543 g/mol. The molecule has 1 amide bonds. The van der Waals surface area contributed by atoms with Gasteiger partial charge in [0.25, 0.3) is 0 Å². The summed E-state index contributed by atoms with van der Waals surface area (Å²) in [6, 6.07) is 17.7. The van der Waals surface area contributed by atoms with Gasteiger partial charge in [-0.25, -0.2) is 4.98 Å². The largest absolute Gasteiger partial charge is 0.416 e. The number of amides is 1. The number of anilines is 1. The van der Waals surface area contributed by atoms with Crippen molar-refractivity contribution in [3.8, 4) is 6.07 Å². The molecule has 5 rings (SSSR count). The summed E-state index contributed by atoms with van der Waals surface area (Å²) < 4.78 is 39.8. The SMILES string of the molecule is N#Cc1cccc(C(C(c2cccnc2)c2cccnc2)N2CCC[C@H]2C(=O)Nc2cc(C(F)(F)F)ccn2)c1. The number of nitrogens with one attached hydrogen (secondary N) is 1. The summed E-state index contributed by atoms with van der Waals surface area (Å²) in [4.78, 5) is 28.3. The molecule has 1 aliphatic heterocycles. The number of halogens is 3. The molecule has 4 heterocycles. The summed E-state index contributed by atoms with van der Waals surface area (Å²) in [5.74, 6) is -0.913. The minimum atomic E-state index is -4.56. The summed E-state index contributed by atoms with van der Waals surface area (Å²) in [5, 5.41) is 12.2. The number of hydrogen-bond acceptors (Lipinski definition) is 6. The van der Waals surface area contributed by atoms with Crippen LogP contribution in [0.1, 0.15) is 52.6 Å². The summed E-state index contributed by atoms with van der Waals surface area (Å²) in [6.07, 6.45) is 4.60. The van der Waals surface area contributed by atoms with Crippen molar-refractivity contribution in [3.05, 3.63) is 119 Å². The van der Waals surface area contributed by atoms with Crippen LogP contribution in [-0.2, 0) is 11.0 Å². The Morgan fingerprint density at radius 2 is 1.68 bits per heavy atom. The van der Waals surface area contributed by atoms with E-state index in [2.05, 4.69) is 31.2 Å². The van der Waals surface area contributed by atoms with Crippen molar-refractivity contribution < 1.29 is 18.0 Å². The molecule has 0 aliphatic carbocycles. The molecular formula is C30H25F3N6O. The smallest absolute Gasteiger partial charge is 0.309 e. The van der Waals surface area contributed by atoms with Crippen molar-refractivity contribution in [2.75, 3.05) is 11.9 Å². The Bertz CT molecular complexity index is 1470. The van der Waals surface area contributed by atoms with Gasteiger partial charge in [0.15, 0.2) is 0 Å². The first-order valence-electron chi connectivity index (χ1n) is 12.7. The zero-order valence-electron chi connectivity index (χ0n) is 21.3. The quantitative estimate of drug-likeness (QED) is 0.320. The summed E-state index contributed by atoms with van der Waals surface area (Å²) in [6.45, 7) is 0.562. The molecule has 0 radical (unpaired) electrons. The first-order valence-corrected chi connectivity index (χ1v) is 12.7. The highest BCUT2D eigenvalue weighted by Crippen LogP contribution is 2.44. The highest BCUT2D eigenvalue weighted by molar-refractivity contribution is 5.94. The molecule has 1 N–H and O–H groups in total. The Balaban J connectivity index is 1.57. The predicted molar refractivity (Wildman–Crippen MR) is 142 cm³/mol. The van der Waals surface area contributed by atoms with E-state index >= 15 is 0 Å². The topological polar surface area (TPSA) is 94.8 Å². The lowest BCUT2D eigenvalue weighted by Gasteiger charge is -2.38. The monoisotopic (exact) mass is 542 g/mol. The van der Waals surface area contributed by atoms with Crippen molar-refractivity contribution in [3.63, 3.8) is 0 Å². The number of benzene rings is 1. The fraction of sp³-hybridized carbons (Fsp3) is 0.233. The van der Waals surface area contributed by atoms with Crippen LogP contribution in [0.3, 0.4) is 0 Å². The van der Waals surface area contributed by atoms with Crippen LogP contribution >= 0.6 is 0 Å². The van der Waals surface area contributed by atoms with E-state index in [1.54, 1.807) is 30.9 Å². The van der Waals surface area contributed by atoms with Gasteiger partial charge < -0.3 is 5.32 Å². The van der Waals surface area contributed by atoms with Gasteiger partial charge in [-0.15, -0.1) is 0 Å². The van der Waals surface area contributed by atoms with Gasteiger partial charge in [-0.2, -0.15) is 18.4 Å². The fourth-order valence-corrected chi connectivity index (χ4v) is 5.33. The van der Waals surface area contributed by atoms with Gasteiger partial charge in [-0.1, -0.05) is 24.3 Å². The first-order chi connectivity index (χ1) is 19.3. The number of alkyl halides is 3. The molecule has 40 heavy (non-hydrogen) atoms. The third-order valence-corrected chi connectivity index (χ3v) is 7.05. The lowest BCUT2D eigenvalue weighted by molar-refractivity contribution is -0.137. The zero-order valence-corrected chi connectivity index (χ0v) is 21.3. The van der Waals surface area contributed by atoms with E-state index in [1.807, 2.05) is 42.5 Å². The van der Waals surface area contributed by atoms with Gasteiger partial charge in [0.2, 0.25) is 5.91 Å². The van der Waals surface area contributed by atoms with Gasteiger partial charge in [0.05, 0.1) is 23.2 Å². The Hall–Kier alpha value is -4.62. The highest BCUT2D eigenvalue weighted by Gasteiger charge is 2.41. The van der Waals surface area contributed by atoms with E-state index in [4.69, 9.17) is 0 Å². The Morgan fingerprint density at radius 1 is 0.975 bits per heavy atom. The molecule has 0 spiro atoms. The molecule has 0 bridgehead atoms. The number of rotatable bonds is 7. The molecule has 1 unspecified atom stereocenters. The van der Waals surface area contributed by atoms with Crippen LogP contribution in [0, 0.1) is 11.3 Å². The fourth-order valence-electron chi connectivity index (χ4n) is 5.33. The molecule has 10 heteroatoms. The van der Waals surface area contributed by atoms with Crippen LogP contribution < -0.4 is 5.32 Å². The van der Waals surface area contributed by atoms with Gasteiger partial charge >= 0.3 is 6.18 Å². The van der Waals surface area contributed by atoms with Crippen LogP contribution in [-0.4, -0.2) is 38.3 Å². The maximum atomic E-state index is 13.6. The lowest BCUT2D eigenvalue weighted by atomic mass is 9.81. The van der Waals surface area contributed by atoms with Crippen LogP contribution in [0.2, 0.25) is 0 Å². The maximum Gasteiger partial charge on any atom is 0.416 e. The molecule has 202 valence electrons. The number of carbonyl (C=O) groups excluding carboxylic acids is 1.